The van der Waals surface area contributed by atoms with E-state index in [-0.39, 0.29) is 0 Å². The van der Waals surface area contributed by atoms with Crippen molar-refractivity contribution in [1.29, 1.82) is 0 Å². The molecule has 0 fully saturated rings. The van der Waals surface area contributed by atoms with Crippen LogP contribution in [0.25, 0.3) is 0 Å². The number of thiophene rings is 1. The number of nitrogens with one attached hydrogen (secondary N) is 2. The predicted molar refractivity (Wildman–Crippen MR) is 91.7 cm³/mol. The summed E-state index contributed by atoms with van der Waals surface area (Å²) in [5.41, 5.74) is 0. The molecule has 4 nitrogen and oxygen atoms in total. The lowest BCUT2D eigenvalue weighted by Gasteiger charge is -2.10. The van der Waals surface area contributed by atoms with Crippen LogP contribution >= 0.6 is 22.9 Å². The zero-order valence-electron chi connectivity index (χ0n) is 12.4. The molecule has 0 unspecified atom stereocenters. The van der Waals surface area contributed by atoms with Crippen LogP contribution in [0, 0.1) is 0 Å². The van der Waals surface area contributed by atoms with Crippen molar-refractivity contribution in [1.82, 2.24) is 9.97 Å². The van der Waals surface area contributed by atoms with Crippen molar-refractivity contribution in [3.8, 4) is 0 Å². The van der Waals surface area contributed by atoms with Gasteiger partial charge in [-0.25, -0.2) is 9.97 Å². The molecule has 0 amide bonds. The van der Waals surface area contributed by atoms with Crippen molar-refractivity contribution in [2.45, 2.75) is 33.1 Å². The molecule has 114 valence electrons. The van der Waals surface area contributed by atoms with Crippen molar-refractivity contribution in [2.24, 2.45) is 0 Å². The molecule has 2 aromatic rings. The molecule has 0 spiro atoms. The minimum Gasteiger partial charge on any atom is -0.370 e. The number of aryl methyl sites for hydroxylation is 1. The summed E-state index contributed by atoms with van der Waals surface area (Å²) in [5.74, 6) is 2.63. The highest BCUT2D eigenvalue weighted by Crippen LogP contribution is 2.21. The van der Waals surface area contributed by atoms with E-state index in [1.807, 2.05) is 12.1 Å². The first-order valence-corrected chi connectivity index (χ1v) is 8.50. The van der Waals surface area contributed by atoms with Gasteiger partial charge in [-0.3, -0.25) is 0 Å². The van der Waals surface area contributed by atoms with Crippen LogP contribution < -0.4 is 10.6 Å². The first-order valence-electron chi connectivity index (χ1n) is 7.31. The SMILES string of the molecule is CCCNc1cc(NCCc2ccc(Cl)s2)nc(CC)n1. The highest BCUT2D eigenvalue weighted by Gasteiger charge is 2.04. The van der Waals surface area contributed by atoms with E-state index in [2.05, 4.69) is 40.5 Å². The zero-order valence-corrected chi connectivity index (χ0v) is 14.0. The highest BCUT2D eigenvalue weighted by molar-refractivity contribution is 7.16. The van der Waals surface area contributed by atoms with E-state index in [4.69, 9.17) is 11.6 Å². The molecule has 2 N–H and O–H groups in total. The third-order valence-electron chi connectivity index (χ3n) is 2.95. The Bertz CT molecular complexity index is 571. The van der Waals surface area contributed by atoms with Gasteiger partial charge in [0.1, 0.15) is 17.5 Å². The molecule has 0 aliphatic heterocycles. The van der Waals surface area contributed by atoms with Gasteiger partial charge < -0.3 is 10.6 Å². The Morgan fingerprint density at radius 2 is 1.81 bits per heavy atom. The second kappa shape index (κ2) is 8.20. The first kappa shape index (κ1) is 16.0. The van der Waals surface area contributed by atoms with Crippen LogP contribution in [0.5, 0.6) is 0 Å². The van der Waals surface area contributed by atoms with Gasteiger partial charge in [-0.15, -0.1) is 11.3 Å². The molecule has 0 bridgehead atoms. The van der Waals surface area contributed by atoms with Crippen LogP contribution in [0.1, 0.15) is 31.0 Å². The molecular weight excluding hydrogens is 304 g/mol. The number of hydrogen-bond acceptors (Lipinski definition) is 5. The number of nitrogens with zero attached hydrogens (tertiary/aromatic N) is 2. The van der Waals surface area contributed by atoms with Gasteiger partial charge >= 0.3 is 0 Å². The summed E-state index contributed by atoms with van der Waals surface area (Å²) < 4.78 is 0.839. The summed E-state index contributed by atoms with van der Waals surface area (Å²) in [6.45, 7) is 5.97. The van der Waals surface area contributed by atoms with Gasteiger partial charge in [-0.1, -0.05) is 25.4 Å². The topological polar surface area (TPSA) is 49.8 Å². The molecule has 6 heteroatoms. The smallest absolute Gasteiger partial charge is 0.132 e. The van der Waals surface area contributed by atoms with E-state index in [1.165, 1.54) is 4.88 Å². The predicted octanol–water partition coefficient (Wildman–Crippen LogP) is 4.23. The molecule has 2 aromatic heterocycles. The lowest BCUT2D eigenvalue weighted by molar-refractivity contribution is 0.910. The normalized spacial score (nSPS) is 10.6. The van der Waals surface area contributed by atoms with Gasteiger partial charge in [-0.05, 0) is 25.0 Å². The summed E-state index contributed by atoms with van der Waals surface area (Å²) in [4.78, 5) is 10.3. The molecule has 0 aliphatic carbocycles. The second-order valence-electron chi connectivity index (χ2n) is 4.72. The fourth-order valence-electron chi connectivity index (χ4n) is 1.89. The van der Waals surface area contributed by atoms with Crippen LogP contribution in [0.2, 0.25) is 4.34 Å². The van der Waals surface area contributed by atoms with Crippen LogP contribution in [0.3, 0.4) is 0 Å². The largest absolute Gasteiger partial charge is 0.370 e. The van der Waals surface area contributed by atoms with Crippen molar-refractivity contribution < 1.29 is 0 Å². The zero-order chi connectivity index (χ0) is 15.1. The van der Waals surface area contributed by atoms with Crippen molar-refractivity contribution in [2.75, 3.05) is 23.7 Å². The van der Waals surface area contributed by atoms with Crippen LogP contribution in [-0.4, -0.2) is 23.1 Å². The third kappa shape index (κ3) is 5.17. The monoisotopic (exact) mass is 324 g/mol. The average Bonchev–Trinajstić information content (AvgIpc) is 2.90. The average molecular weight is 325 g/mol. The van der Waals surface area contributed by atoms with Gasteiger partial charge in [-0.2, -0.15) is 0 Å². The van der Waals surface area contributed by atoms with E-state index in [0.29, 0.717) is 0 Å². The Kier molecular flexibility index (Phi) is 6.26. The Hall–Kier alpha value is -1.33. The minimum atomic E-state index is 0.830. The van der Waals surface area contributed by atoms with Crippen molar-refractivity contribution >= 4 is 34.6 Å². The summed E-state index contributed by atoms with van der Waals surface area (Å²) >= 11 is 7.56. The molecule has 21 heavy (non-hydrogen) atoms. The molecule has 0 saturated carbocycles. The molecular formula is C15H21ClN4S. The summed E-state index contributed by atoms with van der Waals surface area (Å²) in [6, 6.07) is 5.98. The van der Waals surface area contributed by atoms with E-state index in [1.54, 1.807) is 11.3 Å². The Labute approximate surface area is 135 Å². The fourth-order valence-corrected chi connectivity index (χ4v) is 2.98. The van der Waals surface area contributed by atoms with Crippen molar-refractivity contribution in [3.05, 3.63) is 33.2 Å². The third-order valence-corrected chi connectivity index (χ3v) is 4.24. The number of rotatable bonds is 8. The van der Waals surface area contributed by atoms with Crippen molar-refractivity contribution in [3.63, 3.8) is 0 Å². The molecule has 0 radical (unpaired) electrons. The molecule has 0 saturated heterocycles. The molecule has 2 heterocycles. The summed E-state index contributed by atoms with van der Waals surface area (Å²) in [5, 5.41) is 6.68. The number of aromatic nitrogens is 2. The second-order valence-corrected chi connectivity index (χ2v) is 6.52. The number of anilines is 2. The maximum absolute atomic E-state index is 5.93. The quantitative estimate of drug-likeness (QED) is 0.763. The summed E-state index contributed by atoms with van der Waals surface area (Å²) in [6.07, 6.45) is 2.85. The van der Waals surface area contributed by atoms with E-state index >= 15 is 0 Å². The van der Waals surface area contributed by atoms with Crippen LogP contribution in [0.15, 0.2) is 18.2 Å². The Morgan fingerprint density at radius 1 is 1.10 bits per heavy atom. The number of hydrogen-bond donors (Lipinski definition) is 2. The van der Waals surface area contributed by atoms with Crippen LogP contribution in [0.4, 0.5) is 11.6 Å². The number of halogens is 1. The van der Waals surface area contributed by atoms with Gasteiger partial charge in [0.05, 0.1) is 4.34 Å². The Morgan fingerprint density at radius 3 is 2.38 bits per heavy atom. The molecule has 2 rings (SSSR count). The lowest BCUT2D eigenvalue weighted by atomic mass is 10.3. The fraction of sp³-hybridized carbons (Fsp3) is 0.467. The lowest BCUT2D eigenvalue weighted by Crippen LogP contribution is -2.10. The van der Waals surface area contributed by atoms with Crippen LogP contribution in [-0.2, 0) is 12.8 Å². The first-order chi connectivity index (χ1) is 10.2. The molecule has 0 atom stereocenters. The molecule has 0 aromatic carbocycles. The highest BCUT2D eigenvalue weighted by atomic mass is 35.5. The van der Waals surface area contributed by atoms with E-state index < -0.39 is 0 Å². The molecule has 0 aliphatic rings. The standard InChI is InChI=1S/C15H21ClN4S/c1-3-8-17-14-10-15(20-13(4-2)19-14)18-9-7-11-5-6-12(16)21-11/h5-6,10H,3-4,7-9H2,1-2H3,(H2,17,18,19,20). The Balaban J connectivity index is 1.94. The van der Waals surface area contributed by atoms with E-state index in [9.17, 15) is 0 Å². The van der Waals surface area contributed by atoms with Gasteiger partial charge in [0.2, 0.25) is 0 Å². The van der Waals surface area contributed by atoms with E-state index in [0.717, 1.165) is 54.1 Å². The maximum atomic E-state index is 5.93. The summed E-state index contributed by atoms with van der Waals surface area (Å²) in [7, 11) is 0. The van der Waals surface area contributed by atoms with Gasteiger partial charge in [0, 0.05) is 30.5 Å². The van der Waals surface area contributed by atoms with Gasteiger partial charge in [0.25, 0.3) is 0 Å². The maximum Gasteiger partial charge on any atom is 0.132 e. The minimum absolute atomic E-state index is 0.830. The van der Waals surface area contributed by atoms with Gasteiger partial charge in [0.15, 0.2) is 0 Å².